The predicted molar refractivity (Wildman–Crippen MR) is 95.2 cm³/mol. The molecule has 24 heavy (non-hydrogen) atoms. The Morgan fingerprint density at radius 1 is 1.17 bits per heavy atom. The molecule has 0 saturated carbocycles. The minimum Gasteiger partial charge on any atom is -0.309 e. The van der Waals surface area contributed by atoms with E-state index in [-0.39, 0.29) is 29.0 Å². The van der Waals surface area contributed by atoms with E-state index in [4.69, 9.17) is 11.6 Å². The van der Waals surface area contributed by atoms with E-state index in [1.807, 2.05) is 31.2 Å². The summed E-state index contributed by atoms with van der Waals surface area (Å²) in [6.45, 7) is 1.98. The Bertz CT molecular complexity index is 862. The lowest BCUT2D eigenvalue weighted by Gasteiger charge is -2.22. The van der Waals surface area contributed by atoms with E-state index in [2.05, 4.69) is 0 Å². The van der Waals surface area contributed by atoms with Crippen LogP contribution in [0.2, 0.25) is 5.02 Å². The lowest BCUT2D eigenvalue weighted by Crippen LogP contribution is -2.36. The van der Waals surface area contributed by atoms with E-state index in [1.54, 1.807) is 4.90 Å². The molecular weight excluding hydrogens is 346 g/mol. The van der Waals surface area contributed by atoms with Crippen LogP contribution in [0.5, 0.6) is 0 Å². The number of anilines is 1. The van der Waals surface area contributed by atoms with E-state index in [0.29, 0.717) is 5.02 Å². The van der Waals surface area contributed by atoms with Gasteiger partial charge in [0.25, 0.3) is 0 Å². The number of amides is 1. The second-order valence-corrected chi connectivity index (χ2v) is 8.51. The van der Waals surface area contributed by atoms with Gasteiger partial charge in [-0.05, 0) is 49.2 Å². The fraction of sp³-hybridized carbons (Fsp3) is 0.278. The van der Waals surface area contributed by atoms with Crippen LogP contribution < -0.4 is 4.90 Å². The SMILES string of the molecule is CC1Cc2ccccc2N1C(=O)CCS(=O)(=O)c1ccc(Cl)cc1. The summed E-state index contributed by atoms with van der Waals surface area (Å²) in [5.74, 6) is -0.372. The van der Waals surface area contributed by atoms with Crippen molar-refractivity contribution in [1.29, 1.82) is 0 Å². The maximum atomic E-state index is 12.6. The zero-order valence-corrected chi connectivity index (χ0v) is 14.8. The van der Waals surface area contributed by atoms with Crippen LogP contribution in [0.4, 0.5) is 5.69 Å². The number of para-hydroxylation sites is 1. The third-order valence-corrected chi connectivity index (χ3v) is 6.22. The van der Waals surface area contributed by atoms with Gasteiger partial charge in [0.2, 0.25) is 5.91 Å². The van der Waals surface area contributed by atoms with Crippen molar-refractivity contribution >= 4 is 33.0 Å². The molecule has 1 atom stereocenters. The number of sulfone groups is 1. The Morgan fingerprint density at radius 3 is 2.54 bits per heavy atom. The van der Waals surface area contributed by atoms with Crippen LogP contribution in [0.1, 0.15) is 18.9 Å². The normalized spacial score (nSPS) is 16.9. The lowest BCUT2D eigenvalue weighted by molar-refractivity contribution is -0.118. The fourth-order valence-electron chi connectivity index (χ4n) is 3.05. The molecule has 0 saturated heterocycles. The molecule has 3 rings (SSSR count). The number of fused-ring (bicyclic) bond motifs is 1. The monoisotopic (exact) mass is 363 g/mol. The second-order valence-electron chi connectivity index (χ2n) is 5.97. The molecular formula is C18H18ClNO3S. The van der Waals surface area contributed by atoms with Crippen molar-refractivity contribution in [3.05, 3.63) is 59.1 Å². The highest BCUT2D eigenvalue weighted by Crippen LogP contribution is 2.32. The zero-order chi connectivity index (χ0) is 17.3. The summed E-state index contributed by atoms with van der Waals surface area (Å²) in [5.41, 5.74) is 2.01. The number of benzene rings is 2. The van der Waals surface area contributed by atoms with Crippen molar-refractivity contribution in [3.63, 3.8) is 0 Å². The predicted octanol–water partition coefficient (Wildman–Crippen LogP) is 3.48. The number of nitrogens with zero attached hydrogens (tertiary/aromatic N) is 1. The molecule has 0 spiro atoms. The van der Waals surface area contributed by atoms with Crippen molar-refractivity contribution in [1.82, 2.24) is 0 Å². The summed E-state index contributed by atoms with van der Waals surface area (Å²) in [4.78, 5) is 14.5. The first-order valence-corrected chi connectivity index (χ1v) is 9.80. The van der Waals surface area contributed by atoms with Crippen LogP contribution in [0.15, 0.2) is 53.4 Å². The highest BCUT2D eigenvalue weighted by molar-refractivity contribution is 7.91. The summed E-state index contributed by atoms with van der Waals surface area (Å²) in [7, 11) is -3.50. The molecule has 0 fully saturated rings. The molecule has 0 radical (unpaired) electrons. The van der Waals surface area contributed by atoms with Crippen molar-refractivity contribution in [3.8, 4) is 0 Å². The molecule has 0 aliphatic carbocycles. The topological polar surface area (TPSA) is 54.5 Å². The molecule has 1 heterocycles. The molecule has 0 bridgehead atoms. The van der Waals surface area contributed by atoms with E-state index in [0.717, 1.165) is 17.7 Å². The minimum absolute atomic E-state index is 0.0381. The van der Waals surface area contributed by atoms with Crippen LogP contribution in [0.3, 0.4) is 0 Å². The quantitative estimate of drug-likeness (QED) is 0.835. The highest BCUT2D eigenvalue weighted by atomic mass is 35.5. The Balaban J connectivity index is 1.73. The molecule has 2 aromatic rings. The van der Waals surface area contributed by atoms with Crippen molar-refractivity contribution in [2.75, 3.05) is 10.7 Å². The van der Waals surface area contributed by atoms with Gasteiger partial charge in [0.05, 0.1) is 10.6 Å². The van der Waals surface area contributed by atoms with Gasteiger partial charge in [-0.2, -0.15) is 0 Å². The molecule has 0 N–H and O–H groups in total. The molecule has 0 aromatic heterocycles. The molecule has 1 amide bonds. The van der Waals surface area contributed by atoms with Gasteiger partial charge in [0.1, 0.15) is 0 Å². The number of carbonyl (C=O) groups excluding carboxylic acids is 1. The van der Waals surface area contributed by atoms with Crippen LogP contribution in [0, 0.1) is 0 Å². The number of hydrogen-bond acceptors (Lipinski definition) is 3. The first kappa shape index (κ1) is 17.0. The Hall–Kier alpha value is -1.85. The fourth-order valence-corrected chi connectivity index (χ4v) is 4.40. The van der Waals surface area contributed by atoms with Gasteiger partial charge >= 0.3 is 0 Å². The molecule has 1 aliphatic heterocycles. The maximum Gasteiger partial charge on any atom is 0.228 e. The van der Waals surface area contributed by atoms with Gasteiger partial charge in [-0.3, -0.25) is 4.79 Å². The lowest BCUT2D eigenvalue weighted by atomic mass is 10.1. The first-order valence-electron chi connectivity index (χ1n) is 7.77. The van der Waals surface area contributed by atoms with Crippen molar-refractivity contribution < 1.29 is 13.2 Å². The average Bonchev–Trinajstić information content (AvgIpc) is 2.89. The van der Waals surface area contributed by atoms with Crippen LogP contribution in [-0.4, -0.2) is 26.1 Å². The molecule has 2 aromatic carbocycles. The Morgan fingerprint density at radius 2 is 1.83 bits per heavy atom. The van der Waals surface area contributed by atoms with Gasteiger partial charge in [-0.1, -0.05) is 29.8 Å². The van der Waals surface area contributed by atoms with Gasteiger partial charge in [-0.15, -0.1) is 0 Å². The zero-order valence-electron chi connectivity index (χ0n) is 13.3. The standard InChI is InChI=1S/C18H18ClNO3S/c1-13-12-14-4-2-3-5-17(14)20(13)18(21)10-11-24(22,23)16-8-6-15(19)7-9-16/h2-9,13H,10-12H2,1H3. The van der Waals surface area contributed by atoms with E-state index < -0.39 is 9.84 Å². The van der Waals surface area contributed by atoms with Crippen LogP contribution in [0.25, 0.3) is 0 Å². The Labute approximate surface area is 147 Å². The van der Waals surface area contributed by atoms with Crippen LogP contribution in [-0.2, 0) is 21.1 Å². The number of halogens is 1. The third-order valence-electron chi connectivity index (χ3n) is 4.23. The van der Waals surface area contributed by atoms with Crippen LogP contribution >= 0.6 is 11.6 Å². The highest BCUT2D eigenvalue weighted by Gasteiger charge is 2.31. The smallest absolute Gasteiger partial charge is 0.228 e. The molecule has 126 valence electrons. The molecule has 1 unspecified atom stereocenters. The summed E-state index contributed by atoms with van der Waals surface area (Å²) < 4.78 is 24.8. The van der Waals surface area contributed by atoms with E-state index in [1.165, 1.54) is 24.3 Å². The summed E-state index contributed by atoms with van der Waals surface area (Å²) in [6, 6.07) is 13.8. The number of carbonyl (C=O) groups is 1. The molecule has 1 aliphatic rings. The minimum atomic E-state index is -3.50. The maximum absolute atomic E-state index is 12.6. The van der Waals surface area contributed by atoms with Crippen molar-refractivity contribution in [2.24, 2.45) is 0 Å². The summed E-state index contributed by atoms with van der Waals surface area (Å²) >= 11 is 5.78. The summed E-state index contributed by atoms with van der Waals surface area (Å²) in [6.07, 6.45) is 0.759. The average molecular weight is 364 g/mol. The molecule has 4 nitrogen and oxygen atoms in total. The number of hydrogen-bond donors (Lipinski definition) is 0. The largest absolute Gasteiger partial charge is 0.309 e. The van der Waals surface area contributed by atoms with E-state index in [9.17, 15) is 13.2 Å². The van der Waals surface area contributed by atoms with Crippen molar-refractivity contribution in [2.45, 2.75) is 30.7 Å². The number of rotatable bonds is 4. The summed E-state index contributed by atoms with van der Waals surface area (Å²) in [5, 5.41) is 0.479. The second kappa shape index (κ2) is 6.57. The van der Waals surface area contributed by atoms with Gasteiger partial charge < -0.3 is 4.90 Å². The van der Waals surface area contributed by atoms with Gasteiger partial charge in [0, 0.05) is 23.2 Å². The first-order chi connectivity index (χ1) is 11.4. The third kappa shape index (κ3) is 3.32. The Kier molecular flexibility index (Phi) is 4.65. The van der Waals surface area contributed by atoms with Gasteiger partial charge in [0.15, 0.2) is 9.84 Å². The molecule has 6 heteroatoms. The van der Waals surface area contributed by atoms with Gasteiger partial charge in [-0.25, -0.2) is 8.42 Å². The van der Waals surface area contributed by atoms with E-state index >= 15 is 0 Å².